The summed E-state index contributed by atoms with van der Waals surface area (Å²) >= 11 is 6.10. The minimum Gasteiger partial charge on any atom is -0.370 e. The number of aromatic nitrogens is 1. The highest BCUT2D eigenvalue weighted by atomic mass is 35.5. The zero-order chi connectivity index (χ0) is 15.8. The van der Waals surface area contributed by atoms with E-state index in [-0.39, 0.29) is 5.91 Å². The first-order valence-electron chi connectivity index (χ1n) is 8.03. The summed E-state index contributed by atoms with van der Waals surface area (Å²) in [5, 5.41) is 7.42. The number of carbonyl (C=O) groups excluding carboxylic acids is 1. The Morgan fingerprint density at radius 3 is 2.78 bits per heavy atom. The number of rotatable bonds is 4. The number of nitrogens with zero attached hydrogens (tertiary/aromatic N) is 2. The molecule has 1 aromatic heterocycles. The molecule has 2 heterocycles. The number of hydrogen-bond acceptors (Lipinski definition) is 4. The summed E-state index contributed by atoms with van der Waals surface area (Å²) in [5.74, 6) is 0.986. The number of amides is 1. The van der Waals surface area contributed by atoms with Crippen LogP contribution in [0.5, 0.6) is 0 Å². The van der Waals surface area contributed by atoms with E-state index < -0.39 is 0 Å². The van der Waals surface area contributed by atoms with E-state index in [0.29, 0.717) is 16.6 Å². The van der Waals surface area contributed by atoms with Crippen molar-refractivity contribution in [2.45, 2.75) is 31.6 Å². The van der Waals surface area contributed by atoms with Crippen LogP contribution in [-0.4, -0.2) is 24.2 Å². The molecule has 0 atom stereocenters. The van der Waals surface area contributed by atoms with E-state index in [1.165, 1.54) is 12.8 Å². The van der Waals surface area contributed by atoms with Crippen molar-refractivity contribution in [3.8, 4) is 0 Å². The predicted molar refractivity (Wildman–Crippen MR) is 89.3 cm³/mol. The number of nitrogens with one attached hydrogen (secondary N) is 1. The fraction of sp³-hybridized carbons (Fsp3) is 0.412. The van der Waals surface area contributed by atoms with Gasteiger partial charge in [0.25, 0.3) is 5.91 Å². The molecule has 1 N–H and O–H groups in total. The minimum absolute atomic E-state index is 0.261. The second-order valence-corrected chi connectivity index (χ2v) is 6.63. The summed E-state index contributed by atoms with van der Waals surface area (Å²) in [6, 6.07) is 7.34. The first-order valence-corrected chi connectivity index (χ1v) is 8.41. The van der Waals surface area contributed by atoms with Crippen LogP contribution in [0, 0.1) is 0 Å². The summed E-state index contributed by atoms with van der Waals surface area (Å²) in [5.41, 5.74) is 2.05. The molecule has 1 aromatic carbocycles. The molecule has 120 valence electrons. The Hall–Kier alpha value is -2.01. The van der Waals surface area contributed by atoms with Gasteiger partial charge in [0.2, 0.25) is 0 Å². The third-order valence-electron chi connectivity index (χ3n) is 4.39. The van der Waals surface area contributed by atoms with Gasteiger partial charge >= 0.3 is 0 Å². The SMILES string of the molecule is O=C(Nc1cc(Cl)ccc1N1CCCC1)c1cc(C2CC2)on1. The number of halogens is 1. The molecule has 2 aromatic rings. The quantitative estimate of drug-likeness (QED) is 0.918. The zero-order valence-corrected chi connectivity index (χ0v) is 13.5. The average Bonchev–Trinajstić information content (AvgIpc) is 3.04. The van der Waals surface area contributed by atoms with Gasteiger partial charge in [0.15, 0.2) is 5.69 Å². The highest BCUT2D eigenvalue weighted by Crippen LogP contribution is 2.40. The van der Waals surface area contributed by atoms with Gasteiger partial charge in [0.1, 0.15) is 5.76 Å². The van der Waals surface area contributed by atoms with Gasteiger partial charge in [-0.3, -0.25) is 4.79 Å². The highest BCUT2D eigenvalue weighted by molar-refractivity contribution is 6.31. The Morgan fingerprint density at radius 2 is 2.04 bits per heavy atom. The van der Waals surface area contributed by atoms with Crippen molar-refractivity contribution in [1.29, 1.82) is 0 Å². The molecule has 1 aliphatic carbocycles. The van der Waals surface area contributed by atoms with E-state index in [9.17, 15) is 4.79 Å². The van der Waals surface area contributed by atoms with Crippen molar-refractivity contribution >= 4 is 28.9 Å². The van der Waals surface area contributed by atoms with Crippen molar-refractivity contribution < 1.29 is 9.32 Å². The van der Waals surface area contributed by atoms with E-state index in [4.69, 9.17) is 16.1 Å². The molecular formula is C17H18ClN3O2. The maximum Gasteiger partial charge on any atom is 0.277 e. The van der Waals surface area contributed by atoms with Gasteiger partial charge in [-0.2, -0.15) is 0 Å². The first-order chi connectivity index (χ1) is 11.2. The molecule has 2 fully saturated rings. The summed E-state index contributed by atoms with van der Waals surface area (Å²) in [6.45, 7) is 2.00. The molecule has 2 aliphatic rings. The van der Waals surface area contributed by atoms with Crippen LogP contribution >= 0.6 is 11.6 Å². The van der Waals surface area contributed by atoms with E-state index in [1.54, 1.807) is 12.1 Å². The lowest BCUT2D eigenvalue weighted by atomic mass is 10.2. The number of anilines is 2. The van der Waals surface area contributed by atoms with Gasteiger partial charge in [-0.25, -0.2) is 0 Å². The predicted octanol–water partition coefficient (Wildman–Crippen LogP) is 4.06. The molecule has 0 bridgehead atoms. The van der Waals surface area contributed by atoms with Crippen molar-refractivity contribution in [3.05, 3.63) is 40.7 Å². The lowest BCUT2D eigenvalue weighted by molar-refractivity contribution is 0.101. The van der Waals surface area contributed by atoms with Crippen LogP contribution in [-0.2, 0) is 0 Å². The number of carbonyl (C=O) groups is 1. The van der Waals surface area contributed by atoms with Gasteiger partial charge in [0, 0.05) is 30.1 Å². The molecule has 0 unspecified atom stereocenters. The van der Waals surface area contributed by atoms with E-state index in [2.05, 4.69) is 15.4 Å². The van der Waals surface area contributed by atoms with Crippen LogP contribution in [0.1, 0.15) is 47.8 Å². The standard InChI is InChI=1S/C17H18ClN3O2/c18-12-5-6-15(21-7-1-2-8-21)13(9-12)19-17(22)14-10-16(23-20-14)11-3-4-11/h5-6,9-11H,1-4,7-8H2,(H,19,22). The van der Waals surface area contributed by atoms with E-state index in [0.717, 1.165) is 43.1 Å². The molecule has 23 heavy (non-hydrogen) atoms. The summed E-state index contributed by atoms with van der Waals surface area (Å²) in [7, 11) is 0. The summed E-state index contributed by atoms with van der Waals surface area (Å²) in [6.07, 6.45) is 4.57. The van der Waals surface area contributed by atoms with Gasteiger partial charge in [-0.05, 0) is 43.9 Å². The van der Waals surface area contributed by atoms with Gasteiger partial charge in [0.05, 0.1) is 11.4 Å². The van der Waals surface area contributed by atoms with Crippen molar-refractivity contribution in [3.63, 3.8) is 0 Å². The minimum atomic E-state index is -0.261. The fourth-order valence-electron chi connectivity index (χ4n) is 2.99. The third kappa shape index (κ3) is 3.06. The number of hydrogen-bond donors (Lipinski definition) is 1. The van der Waals surface area contributed by atoms with Crippen LogP contribution in [0.4, 0.5) is 11.4 Å². The normalized spacial score (nSPS) is 17.5. The van der Waals surface area contributed by atoms with Crippen LogP contribution in [0.25, 0.3) is 0 Å². The van der Waals surface area contributed by atoms with Crippen molar-refractivity contribution in [1.82, 2.24) is 5.16 Å². The summed E-state index contributed by atoms with van der Waals surface area (Å²) < 4.78 is 5.25. The summed E-state index contributed by atoms with van der Waals surface area (Å²) in [4.78, 5) is 14.7. The molecule has 6 heteroatoms. The molecule has 4 rings (SSSR count). The van der Waals surface area contributed by atoms with Crippen molar-refractivity contribution in [2.75, 3.05) is 23.3 Å². The largest absolute Gasteiger partial charge is 0.370 e. The third-order valence-corrected chi connectivity index (χ3v) is 4.63. The Morgan fingerprint density at radius 1 is 1.26 bits per heavy atom. The lowest BCUT2D eigenvalue weighted by Crippen LogP contribution is -2.21. The molecule has 1 saturated heterocycles. The highest BCUT2D eigenvalue weighted by Gasteiger charge is 2.29. The van der Waals surface area contributed by atoms with Gasteiger partial charge < -0.3 is 14.7 Å². The topological polar surface area (TPSA) is 58.4 Å². The van der Waals surface area contributed by atoms with Gasteiger partial charge in [-0.1, -0.05) is 16.8 Å². The maximum atomic E-state index is 12.5. The smallest absolute Gasteiger partial charge is 0.277 e. The molecule has 0 radical (unpaired) electrons. The lowest BCUT2D eigenvalue weighted by Gasteiger charge is -2.21. The average molecular weight is 332 g/mol. The number of benzene rings is 1. The van der Waals surface area contributed by atoms with Gasteiger partial charge in [-0.15, -0.1) is 0 Å². The molecule has 1 aliphatic heterocycles. The Bertz CT molecular complexity index is 733. The van der Waals surface area contributed by atoms with Crippen LogP contribution in [0.2, 0.25) is 5.02 Å². The Kier molecular flexibility index (Phi) is 3.73. The Labute approximate surface area is 139 Å². The molecule has 1 amide bonds. The monoisotopic (exact) mass is 331 g/mol. The molecule has 1 saturated carbocycles. The fourth-order valence-corrected chi connectivity index (χ4v) is 3.16. The van der Waals surface area contributed by atoms with Crippen LogP contribution in [0.3, 0.4) is 0 Å². The van der Waals surface area contributed by atoms with Crippen molar-refractivity contribution in [2.24, 2.45) is 0 Å². The van der Waals surface area contributed by atoms with E-state index >= 15 is 0 Å². The molecule has 5 nitrogen and oxygen atoms in total. The van der Waals surface area contributed by atoms with Crippen LogP contribution in [0.15, 0.2) is 28.8 Å². The second kappa shape index (κ2) is 5.89. The molecule has 0 spiro atoms. The van der Waals surface area contributed by atoms with Crippen LogP contribution < -0.4 is 10.2 Å². The zero-order valence-electron chi connectivity index (χ0n) is 12.7. The molecular weight excluding hydrogens is 314 g/mol. The first kappa shape index (κ1) is 14.6. The Balaban J connectivity index is 1.56. The maximum absolute atomic E-state index is 12.5. The van der Waals surface area contributed by atoms with E-state index in [1.807, 2.05) is 12.1 Å². The second-order valence-electron chi connectivity index (χ2n) is 6.20.